The number of sulfone groups is 1. The lowest BCUT2D eigenvalue weighted by Crippen LogP contribution is -2.58. The first-order chi connectivity index (χ1) is 9.80. The number of carboxylic acid groups (broad SMARTS) is 1. The van der Waals surface area contributed by atoms with E-state index in [0.29, 0.717) is 25.8 Å². The van der Waals surface area contributed by atoms with Crippen LogP contribution in [0, 0.1) is 0 Å². The van der Waals surface area contributed by atoms with Crippen LogP contribution in [0.3, 0.4) is 0 Å². The Balaban J connectivity index is 2.08. The van der Waals surface area contributed by atoms with E-state index < -0.39 is 21.3 Å². The molecule has 1 saturated heterocycles. The van der Waals surface area contributed by atoms with Crippen molar-refractivity contribution in [3.8, 4) is 0 Å². The molecule has 21 heavy (non-hydrogen) atoms. The number of hydrogen-bond donors (Lipinski definition) is 2. The summed E-state index contributed by atoms with van der Waals surface area (Å²) in [6, 6.07) is 0.165. The molecule has 7 heteroatoms. The molecule has 1 heterocycles. The molecule has 0 radical (unpaired) electrons. The van der Waals surface area contributed by atoms with Gasteiger partial charge in [-0.2, -0.15) is 0 Å². The average Bonchev–Trinajstić information content (AvgIpc) is 2.78. The molecule has 1 aliphatic carbocycles. The van der Waals surface area contributed by atoms with Crippen LogP contribution in [-0.4, -0.2) is 67.1 Å². The normalized spacial score (nSPS) is 36.0. The maximum atomic E-state index is 11.7. The van der Waals surface area contributed by atoms with Gasteiger partial charge in [-0.05, 0) is 45.7 Å². The molecule has 3 atom stereocenters. The minimum atomic E-state index is -2.91. The van der Waals surface area contributed by atoms with Gasteiger partial charge in [-0.25, -0.2) is 8.42 Å². The van der Waals surface area contributed by atoms with Crippen molar-refractivity contribution < 1.29 is 18.3 Å². The van der Waals surface area contributed by atoms with Crippen LogP contribution in [-0.2, 0) is 14.6 Å². The van der Waals surface area contributed by atoms with Crippen molar-refractivity contribution in [3.05, 3.63) is 0 Å². The molecule has 2 rings (SSSR count). The monoisotopic (exact) mass is 318 g/mol. The molecule has 1 saturated carbocycles. The lowest BCUT2D eigenvalue weighted by atomic mass is 9.78. The van der Waals surface area contributed by atoms with Crippen molar-refractivity contribution in [3.63, 3.8) is 0 Å². The van der Waals surface area contributed by atoms with Crippen LogP contribution in [0.2, 0.25) is 0 Å². The second kappa shape index (κ2) is 6.22. The maximum Gasteiger partial charge on any atom is 0.323 e. The fraction of sp³-hybridized carbons (Fsp3) is 0.929. The second-order valence-electron chi connectivity index (χ2n) is 6.39. The first-order valence-electron chi connectivity index (χ1n) is 7.70. The Bertz CT molecular complexity index is 489. The van der Waals surface area contributed by atoms with Gasteiger partial charge in [0, 0.05) is 12.1 Å². The summed E-state index contributed by atoms with van der Waals surface area (Å²) in [5.74, 6) is -0.325. The molecule has 0 aromatic heterocycles. The van der Waals surface area contributed by atoms with Gasteiger partial charge in [-0.15, -0.1) is 0 Å². The molecule has 122 valence electrons. The molecular weight excluding hydrogens is 292 g/mol. The fourth-order valence-electron chi connectivity index (χ4n) is 3.76. The topological polar surface area (TPSA) is 86.7 Å². The van der Waals surface area contributed by atoms with E-state index in [1.165, 1.54) is 0 Å². The van der Waals surface area contributed by atoms with Gasteiger partial charge in [-0.3, -0.25) is 9.69 Å². The van der Waals surface area contributed by atoms with Crippen molar-refractivity contribution in [1.82, 2.24) is 10.2 Å². The summed E-state index contributed by atoms with van der Waals surface area (Å²) in [6.45, 7) is 2.54. The zero-order valence-corrected chi connectivity index (χ0v) is 13.7. The van der Waals surface area contributed by atoms with Crippen molar-refractivity contribution in [1.29, 1.82) is 0 Å². The highest BCUT2D eigenvalue weighted by Gasteiger charge is 2.45. The van der Waals surface area contributed by atoms with Gasteiger partial charge in [-0.1, -0.05) is 6.92 Å². The number of nitrogens with one attached hydrogen (secondary N) is 1. The summed E-state index contributed by atoms with van der Waals surface area (Å²) in [7, 11) is -0.964. The van der Waals surface area contributed by atoms with Gasteiger partial charge in [0.25, 0.3) is 0 Å². The summed E-state index contributed by atoms with van der Waals surface area (Å²) in [5.41, 5.74) is -0.858. The number of nitrogens with zero attached hydrogens (tertiary/aromatic N) is 1. The minimum Gasteiger partial charge on any atom is -0.480 e. The standard InChI is InChI=1S/C14H26N2O4S/c1-3-15-14(13(17)18)7-4-5-11(9-14)16(2)12-6-8-21(19,20)10-12/h11-12,15H,3-10H2,1-2H3,(H,17,18). The van der Waals surface area contributed by atoms with Gasteiger partial charge >= 0.3 is 5.97 Å². The van der Waals surface area contributed by atoms with Crippen LogP contribution < -0.4 is 5.32 Å². The molecule has 0 aromatic rings. The van der Waals surface area contributed by atoms with Crippen LogP contribution in [0.5, 0.6) is 0 Å². The predicted molar refractivity (Wildman–Crippen MR) is 81.1 cm³/mol. The summed E-state index contributed by atoms with van der Waals surface area (Å²) in [4.78, 5) is 13.8. The molecule has 2 fully saturated rings. The summed E-state index contributed by atoms with van der Waals surface area (Å²) in [6.07, 6.45) is 3.64. The quantitative estimate of drug-likeness (QED) is 0.767. The van der Waals surface area contributed by atoms with E-state index in [9.17, 15) is 18.3 Å². The molecule has 6 nitrogen and oxygen atoms in total. The average molecular weight is 318 g/mol. The molecule has 0 aromatic carbocycles. The summed E-state index contributed by atoms with van der Waals surface area (Å²) >= 11 is 0. The summed E-state index contributed by atoms with van der Waals surface area (Å²) in [5, 5.41) is 12.7. The number of rotatable bonds is 5. The Morgan fingerprint density at radius 2 is 2.10 bits per heavy atom. The molecule has 0 spiro atoms. The van der Waals surface area contributed by atoms with Crippen LogP contribution in [0.25, 0.3) is 0 Å². The number of aliphatic carboxylic acids is 1. The first-order valence-corrected chi connectivity index (χ1v) is 9.52. The lowest BCUT2D eigenvalue weighted by molar-refractivity contribution is -0.147. The van der Waals surface area contributed by atoms with E-state index in [1.54, 1.807) is 0 Å². The molecular formula is C14H26N2O4S. The van der Waals surface area contributed by atoms with Crippen molar-refractivity contribution in [2.24, 2.45) is 0 Å². The largest absolute Gasteiger partial charge is 0.480 e. The lowest BCUT2D eigenvalue weighted by Gasteiger charge is -2.43. The van der Waals surface area contributed by atoms with E-state index in [-0.39, 0.29) is 23.6 Å². The fourth-order valence-corrected chi connectivity index (χ4v) is 5.54. The molecule has 0 bridgehead atoms. The van der Waals surface area contributed by atoms with E-state index >= 15 is 0 Å². The first kappa shape index (κ1) is 16.7. The van der Waals surface area contributed by atoms with Gasteiger partial charge in [0.2, 0.25) is 0 Å². The van der Waals surface area contributed by atoms with E-state index in [1.807, 2.05) is 14.0 Å². The number of likely N-dealkylation sites (N-methyl/N-ethyl adjacent to an activating group) is 1. The molecule has 2 N–H and O–H groups in total. The maximum absolute atomic E-state index is 11.7. The van der Waals surface area contributed by atoms with E-state index in [2.05, 4.69) is 10.2 Å². The second-order valence-corrected chi connectivity index (χ2v) is 8.62. The van der Waals surface area contributed by atoms with Crippen LogP contribution >= 0.6 is 0 Å². The van der Waals surface area contributed by atoms with Crippen LogP contribution in [0.15, 0.2) is 0 Å². The molecule has 1 aliphatic heterocycles. The number of carboxylic acids is 1. The van der Waals surface area contributed by atoms with Gasteiger partial charge < -0.3 is 10.4 Å². The third-order valence-electron chi connectivity index (χ3n) is 5.01. The van der Waals surface area contributed by atoms with Crippen LogP contribution in [0.4, 0.5) is 0 Å². The van der Waals surface area contributed by atoms with Crippen molar-refractivity contribution in [2.75, 3.05) is 25.1 Å². The number of hydrogen-bond acceptors (Lipinski definition) is 5. The SMILES string of the molecule is CCNC1(C(=O)O)CCCC(N(C)C2CCS(=O)(=O)C2)C1. The summed E-state index contributed by atoms with van der Waals surface area (Å²) < 4.78 is 23.3. The minimum absolute atomic E-state index is 0.0335. The Hall–Kier alpha value is -0.660. The highest BCUT2D eigenvalue weighted by atomic mass is 32.2. The van der Waals surface area contributed by atoms with Crippen molar-refractivity contribution >= 4 is 15.8 Å². The van der Waals surface area contributed by atoms with Gasteiger partial charge in [0.1, 0.15) is 5.54 Å². The van der Waals surface area contributed by atoms with E-state index in [0.717, 1.165) is 12.8 Å². The molecule has 0 amide bonds. The molecule has 3 unspecified atom stereocenters. The zero-order chi connectivity index (χ0) is 15.7. The smallest absolute Gasteiger partial charge is 0.323 e. The Labute approximate surface area is 126 Å². The Morgan fingerprint density at radius 1 is 1.38 bits per heavy atom. The van der Waals surface area contributed by atoms with Gasteiger partial charge in [0.05, 0.1) is 11.5 Å². The third kappa shape index (κ3) is 3.57. The highest BCUT2D eigenvalue weighted by molar-refractivity contribution is 7.91. The number of carbonyl (C=O) groups is 1. The Kier molecular flexibility index (Phi) is 4.95. The predicted octanol–water partition coefficient (Wildman–Crippen LogP) is 0.481. The van der Waals surface area contributed by atoms with Crippen LogP contribution in [0.1, 0.15) is 39.0 Å². The molecule has 2 aliphatic rings. The van der Waals surface area contributed by atoms with E-state index in [4.69, 9.17) is 0 Å². The third-order valence-corrected chi connectivity index (χ3v) is 6.76. The van der Waals surface area contributed by atoms with Gasteiger partial charge in [0.15, 0.2) is 9.84 Å². The zero-order valence-electron chi connectivity index (χ0n) is 12.8. The highest BCUT2D eigenvalue weighted by Crippen LogP contribution is 2.33. The van der Waals surface area contributed by atoms with Crippen molar-refractivity contribution in [2.45, 2.75) is 56.7 Å². The Morgan fingerprint density at radius 3 is 2.62 bits per heavy atom.